The van der Waals surface area contributed by atoms with Gasteiger partial charge in [0.25, 0.3) is 0 Å². The van der Waals surface area contributed by atoms with Gasteiger partial charge in [-0.3, -0.25) is 0 Å². The summed E-state index contributed by atoms with van der Waals surface area (Å²) < 4.78 is 0. The summed E-state index contributed by atoms with van der Waals surface area (Å²) in [7, 11) is 0. The molecule has 1 heteroatoms. The van der Waals surface area contributed by atoms with Crippen molar-refractivity contribution in [1.82, 2.24) is 0 Å². The molecule has 0 unspecified atom stereocenters. The lowest BCUT2D eigenvalue weighted by Crippen LogP contribution is -1.82. The molecule has 0 fully saturated rings. The standard InChI is InChI=1S/C8H9N.C7H8/c1-2-7-4-3-5-8(9)6-7;1-7-5-3-2-4-6-7/h2-6H,1,9H2;2-6H,1H3. The van der Waals surface area contributed by atoms with Crippen LogP contribution < -0.4 is 5.73 Å². The molecule has 0 saturated heterocycles. The molecule has 2 aromatic carbocycles. The Hall–Kier alpha value is -2.02. The minimum Gasteiger partial charge on any atom is -0.399 e. The molecule has 0 heterocycles. The highest BCUT2D eigenvalue weighted by molar-refractivity contribution is 5.53. The maximum absolute atomic E-state index is 5.49. The van der Waals surface area contributed by atoms with Crippen molar-refractivity contribution in [3.05, 3.63) is 72.3 Å². The first kappa shape index (κ1) is 12.1. The van der Waals surface area contributed by atoms with Gasteiger partial charge in [-0.2, -0.15) is 0 Å². The van der Waals surface area contributed by atoms with Crippen molar-refractivity contribution in [3.63, 3.8) is 0 Å². The van der Waals surface area contributed by atoms with Crippen molar-refractivity contribution in [2.45, 2.75) is 6.92 Å². The first-order valence-electron chi connectivity index (χ1n) is 5.22. The maximum Gasteiger partial charge on any atom is 0.0319 e. The molecule has 0 saturated carbocycles. The van der Waals surface area contributed by atoms with Gasteiger partial charge in [0.1, 0.15) is 0 Å². The maximum atomic E-state index is 5.49. The van der Waals surface area contributed by atoms with Crippen LogP contribution in [0.3, 0.4) is 0 Å². The summed E-state index contributed by atoms with van der Waals surface area (Å²) in [6.45, 7) is 5.70. The number of nitrogens with two attached hydrogens (primary N) is 1. The smallest absolute Gasteiger partial charge is 0.0319 e. The molecule has 16 heavy (non-hydrogen) atoms. The second-order valence-corrected chi connectivity index (χ2v) is 3.53. The molecule has 0 aliphatic carbocycles. The zero-order valence-electron chi connectivity index (χ0n) is 9.56. The summed E-state index contributed by atoms with van der Waals surface area (Å²) in [6, 6.07) is 17.9. The molecule has 1 nitrogen and oxygen atoms in total. The van der Waals surface area contributed by atoms with E-state index in [4.69, 9.17) is 5.73 Å². The van der Waals surface area contributed by atoms with Gasteiger partial charge in [-0.15, -0.1) is 0 Å². The SMILES string of the molecule is C=Cc1cccc(N)c1.Cc1ccccc1. The van der Waals surface area contributed by atoms with E-state index in [0.29, 0.717) is 0 Å². The van der Waals surface area contributed by atoms with Gasteiger partial charge in [0.05, 0.1) is 0 Å². The number of anilines is 1. The van der Waals surface area contributed by atoms with Crippen LogP contribution in [0.5, 0.6) is 0 Å². The van der Waals surface area contributed by atoms with Crippen molar-refractivity contribution >= 4 is 11.8 Å². The van der Waals surface area contributed by atoms with Gasteiger partial charge in [-0.1, -0.05) is 60.7 Å². The van der Waals surface area contributed by atoms with Crippen LogP contribution in [0.25, 0.3) is 6.08 Å². The molecule has 0 radical (unpaired) electrons. The van der Waals surface area contributed by atoms with Gasteiger partial charge in [0, 0.05) is 5.69 Å². The molecule has 0 bridgehead atoms. The molecular formula is C15H17N. The summed E-state index contributed by atoms with van der Waals surface area (Å²) in [5.41, 5.74) is 8.66. The fourth-order valence-corrected chi connectivity index (χ4v) is 1.22. The Morgan fingerprint density at radius 2 is 1.69 bits per heavy atom. The highest BCUT2D eigenvalue weighted by Gasteiger charge is 1.83. The largest absolute Gasteiger partial charge is 0.399 e. The Balaban J connectivity index is 0.000000165. The van der Waals surface area contributed by atoms with Crippen molar-refractivity contribution in [2.24, 2.45) is 0 Å². The van der Waals surface area contributed by atoms with Gasteiger partial charge in [0.2, 0.25) is 0 Å². The zero-order chi connectivity index (χ0) is 11.8. The number of hydrogen-bond acceptors (Lipinski definition) is 1. The summed E-state index contributed by atoms with van der Waals surface area (Å²) in [5.74, 6) is 0. The van der Waals surface area contributed by atoms with E-state index < -0.39 is 0 Å². The lowest BCUT2D eigenvalue weighted by atomic mass is 10.2. The van der Waals surface area contributed by atoms with Crippen LogP contribution in [-0.2, 0) is 0 Å². The van der Waals surface area contributed by atoms with Crippen LogP contribution in [0.2, 0.25) is 0 Å². The Kier molecular flexibility index (Phi) is 4.87. The van der Waals surface area contributed by atoms with Crippen LogP contribution in [0.1, 0.15) is 11.1 Å². The lowest BCUT2D eigenvalue weighted by Gasteiger charge is -1.92. The normalized spacial score (nSPS) is 8.81. The van der Waals surface area contributed by atoms with Crippen LogP contribution in [-0.4, -0.2) is 0 Å². The number of rotatable bonds is 1. The summed E-state index contributed by atoms with van der Waals surface area (Å²) >= 11 is 0. The molecule has 0 atom stereocenters. The third-order valence-corrected chi connectivity index (χ3v) is 2.09. The first-order valence-corrected chi connectivity index (χ1v) is 5.22. The molecular weight excluding hydrogens is 194 g/mol. The van der Waals surface area contributed by atoms with E-state index in [1.807, 2.05) is 42.5 Å². The second-order valence-electron chi connectivity index (χ2n) is 3.53. The number of aryl methyl sites for hydroxylation is 1. The molecule has 82 valence electrons. The second kappa shape index (κ2) is 6.46. The lowest BCUT2D eigenvalue weighted by molar-refractivity contribution is 1.48. The van der Waals surface area contributed by atoms with Crippen molar-refractivity contribution < 1.29 is 0 Å². The molecule has 2 rings (SSSR count). The van der Waals surface area contributed by atoms with E-state index in [9.17, 15) is 0 Å². The molecule has 0 aromatic heterocycles. The summed E-state index contributed by atoms with van der Waals surface area (Å²) in [6.07, 6.45) is 1.77. The van der Waals surface area contributed by atoms with E-state index >= 15 is 0 Å². The summed E-state index contributed by atoms with van der Waals surface area (Å²) in [5, 5.41) is 0. The monoisotopic (exact) mass is 211 g/mol. The zero-order valence-corrected chi connectivity index (χ0v) is 9.56. The molecule has 0 aliphatic heterocycles. The Morgan fingerprint density at radius 3 is 2.06 bits per heavy atom. The fourth-order valence-electron chi connectivity index (χ4n) is 1.22. The van der Waals surface area contributed by atoms with E-state index in [2.05, 4.69) is 25.6 Å². The minimum absolute atomic E-state index is 0.785. The molecule has 0 aliphatic rings. The minimum atomic E-state index is 0.785. The van der Waals surface area contributed by atoms with E-state index in [1.54, 1.807) is 6.08 Å². The van der Waals surface area contributed by atoms with Gasteiger partial charge in [-0.05, 0) is 24.6 Å². The average molecular weight is 211 g/mol. The van der Waals surface area contributed by atoms with Crippen LogP contribution in [0.4, 0.5) is 5.69 Å². The van der Waals surface area contributed by atoms with E-state index in [1.165, 1.54) is 5.56 Å². The van der Waals surface area contributed by atoms with Gasteiger partial charge >= 0.3 is 0 Å². The van der Waals surface area contributed by atoms with Crippen LogP contribution >= 0.6 is 0 Å². The molecule has 2 N–H and O–H groups in total. The number of benzene rings is 2. The Morgan fingerprint density at radius 1 is 1.00 bits per heavy atom. The number of nitrogen functional groups attached to an aromatic ring is 1. The highest BCUT2D eigenvalue weighted by atomic mass is 14.5. The molecule has 0 spiro atoms. The quantitative estimate of drug-likeness (QED) is 0.711. The molecule has 2 aromatic rings. The van der Waals surface area contributed by atoms with Crippen molar-refractivity contribution in [3.8, 4) is 0 Å². The van der Waals surface area contributed by atoms with Crippen LogP contribution in [0.15, 0.2) is 61.2 Å². The number of hydrogen-bond donors (Lipinski definition) is 1. The van der Waals surface area contributed by atoms with E-state index in [-0.39, 0.29) is 0 Å². The van der Waals surface area contributed by atoms with Crippen LogP contribution in [0, 0.1) is 6.92 Å². The molecule has 0 amide bonds. The van der Waals surface area contributed by atoms with Crippen molar-refractivity contribution in [1.29, 1.82) is 0 Å². The fraction of sp³-hybridized carbons (Fsp3) is 0.0667. The highest BCUT2D eigenvalue weighted by Crippen LogP contribution is 2.06. The Bertz CT molecular complexity index is 432. The predicted molar refractivity (Wildman–Crippen MR) is 72.1 cm³/mol. The third-order valence-electron chi connectivity index (χ3n) is 2.09. The van der Waals surface area contributed by atoms with Gasteiger partial charge < -0.3 is 5.73 Å². The predicted octanol–water partition coefficient (Wildman–Crippen LogP) is 3.91. The average Bonchev–Trinajstić information content (AvgIpc) is 2.31. The first-order chi connectivity index (χ1) is 7.72. The Labute approximate surface area is 97.2 Å². The third kappa shape index (κ3) is 4.47. The summed E-state index contributed by atoms with van der Waals surface area (Å²) in [4.78, 5) is 0. The van der Waals surface area contributed by atoms with Gasteiger partial charge in [0.15, 0.2) is 0 Å². The van der Waals surface area contributed by atoms with Crippen molar-refractivity contribution in [2.75, 3.05) is 5.73 Å². The van der Waals surface area contributed by atoms with Gasteiger partial charge in [-0.25, -0.2) is 0 Å². The topological polar surface area (TPSA) is 26.0 Å². The van der Waals surface area contributed by atoms with E-state index in [0.717, 1.165) is 11.3 Å².